The molecule has 0 saturated heterocycles. The van der Waals surface area contributed by atoms with E-state index in [1.807, 2.05) is 12.1 Å². The molecule has 7 heteroatoms. The fourth-order valence-corrected chi connectivity index (χ4v) is 4.09. The van der Waals surface area contributed by atoms with Crippen molar-refractivity contribution in [1.82, 2.24) is 4.98 Å². The van der Waals surface area contributed by atoms with Crippen molar-refractivity contribution in [3.63, 3.8) is 0 Å². The van der Waals surface area contributed by atoms with Gasteiger partial charge in [-0.15, -0.1) is 11.3 Å². The summed E-state index contributed by atoms with van der Waals surface area (Å²) in [5.74, 6) is -1.75. The lowest BCUT2D eigenvalue weighted by Crippen LogP contribution is -2.28. The van der Waals surface area contributed by atoms with E-state index in [-0.39, 0.29) is 18.0 Å². The molecule has 2 heterocycles. The fraction of sp³-hybridized carbons (Fsp3) is 0.211. The van der Waals surface area contributed by atoms with Crippen LogP contribution in [0.1, 0.15) is 33.0 Å². The third-order valence-electron chi connectivity index (χ3n) is 4.31. The van der Waals surface area contributed by atoms with Crippen LogP contribution in [-0.2, 0) is 4.79 Å². The molecule has 6 nitrogen and oxygen atoms in total. The standard InChI is InChI=1S/C19H19N3O3S/c1-10-5-13(19(24)25)6-11(2)17(10)14(8-20)18(23)22-16-7-12-3-4-21-9-15(12)26-16/h3-7,9,14H,8,20H2,1-2H3,(H,22,23)(H,24,25)/t14-/m1/s1. The predicted molar refractivity (Wildman–Crippen MR) is 103 cm³/mol. The van der Waals surface area contributed by atoms with E-state index in [1.165, 1.54) is 11.3 Å². The molecule has 0 aliphatic carbocycles. The van der Waals surface area contributed by atoms with E-state index in [0.29, 0.717) is 0 Å². The summed E-state index contributed by atoms with van der Waals surface area (Å²) in [7, 11) is 0. The summed E-state index contributed by atoms with van der Waals surface area (Å²) < 4.78 is 0.991. The molecule has 134 valence electrons. The largest absolute Gasteiger partial charge is 0.478 e. The number of carbonyl (C=O) groups is 2. The molecule has 0 bridgehead atoms. The van der Waals surface area contributed by atoms with Crippen molar-refractivity contribution in [3.8, 4) is 0 Å². The monoisotopic (exact) mass is 369 g/mol. The van der Waals surface area contributed by atoms with Crippen LogP contribution < -0.4 is 11.1 Å². The summed E-state index contributed by atoms with van der Waals surface area (Å²) in [4.78, 5) is 28.1. The second-order valence-electron chi connectivity index (χ2n) is 6.13. The van der Waals surface area contributed by atoms with Crippen LogP contribution >= 0.6 is 11.3 Å². The number of hydrogen-bond donors (Lipinski definition) is 3. The summed E-state index contributed by atoms with van der Waals surface area (Å²) in [6, 6.07) is 6.94. The highest BCUT2D eigenvalue weighted by molar-refractivity contribution is 7.22. The molecule has 26 heavy (non-hydrogen) atoms. The number of fused-ring (bicyclic) bond motifs is 1. The Morgan fingerprint density at radius 1 is 1.27 bits per heavy atom. The van der Waals surface area contributed by atoms with Crippen molar-refractivity contribution >= 4 is 38.3 Å². The number of carboxylic acid groups (broad SMARTS) is 1. The topological polar surface area (TPSA) is 105 Å². The molecule has 0 spiro atoms. The molecule has 0 saturated carbocycles. The minimum atomic E-state index is -0.990. The van der Waals surface area contributed by atoms with E-state index in [9.17, 15) is 14.7 Å². The number of anilines is 1. The first-order valence-corrected chi connectivity index (χ1v) is 8.91. The number of hydrogen-bond acceptors (Lipinski definition) is 5. The van der Waals surface area contributed by atoms with Gasteiger partial charge in [-0.3, -0.25) is 9.78 Å². The molecule has 4 N–H and O–H groups in total. The Kier molecular flexibility index (Phi) is 5.01. The van der Waals surface area contributed by atoms with Crippen LogP contribution in [0.5, 0.6) is 0 Å². The number of carboxylic acids is 1. The number of thiophene rings is 1. The van der Waals surface area contributed by atoms with Gasteiger partial charge in [-0.2, -0.15) is 0 Å². The van der Waals surface area contributed by atoms with E-state index < -0.39 is 11.9 Å². The number of benzene rings is 1. The summed E-state index contributed by atoms with van der Waals surface area (Å²) in [6.07, 6.45) is 3.47. The van der Waals surface area contributed by atoms with Gasteiger partial charge in [0.25, 0.3) is 0 Å². The highest BCUT2D eigenvalue weighted by atomic mass is 32.1. The van der Waals surface area contributed by atoms with Gasteiger partial charge in [0.05, 0.1) is 21.2 Å². The van der Waals surface area contributed by atoms with Gasteiger partial charge >= 0.3 is 5.97 Å². The molecule has 1 aromatic carbocycles. The Balaban J connectivity index is 1.90. The minimum Gasteiger partial charge on any atom is -0.478 e. The quantitative estimate of drug-likeness (QED) is 0.640. The van der Waals surface area contributed by atoms with Crippen LogP contribution in [0.15, 0.2) is 36.7 Å². The summed E-state index contributed by atoms with van der Waals surface area (Å²) in [5.41, 5.74) is 8.36. The number of aromatic carboxylic acids is 1. The lowest BCUT2D eigenvalue weighted by molar-refractivity contribution is -0.117. The van der Waals surface area contributed by atoms with Gasteiger partial charge in [-0.1, -0.05) is 0 Å². The first-order valence-electron chi connectivity index (χ1n) is 8.09. The zero-order valence-corrected chi connectivity index (χ0v) is 15.3. The van der Waals surface area contributed by atoms with Crippen LogP contribution in [0, 0.1) is 13.8 Å². The Morgan fingerprint density at radius 2 is 1.96 bits per heavy atom. The first-order chi connectivity index (χ1) is 12.4. The molecule has 0 fully saturated rings. The van der Waals surface area contributed by atoms with Gasteiger partial charge in [0.2, 0.25) is 5.91 Å². The third kappa shape index (κ3) is 3.44. The lowest BCUT2D eigenvalue weighted by Gasteiger charge is -2.20. The normalized spacial score (nSPS) is 12.1. The minimum absolute atomic E-state index is 0.131. The Bertz CT molecular complexity index is 941. The molecule has 1 atom stereocenters. The second-order valence-corrected chi connectivity index (χ2v) is 7.21. The zero-order valence-electron chi connectivity index (χ0n) is 14.4. The molecule has 1 amide bonds. The maximum atomic E-state index is 12.8. The van der Waals surface area contributed by atoms with Crippen LogP contribution in [0.4, 0.5) is 5.00 Å². The third-order valence-corrected chi connectivity index (χ3v) is 5.31. The zero-order chi connectivity index (χ0) is 18.8. The van der Waals surface area contributed by atoms with E-state index >= 15 is 0 Å². The number of carbonyl (C=O) groups excluding carboxylic acids is 1. The number of rotatable bonds is 5. The molecular weight excluding hydrogens is 350 g/mol. The van der Waals surface area contributed by atoms with Crippen LogP contribution in [0.2, 0.25) is 0 Å². The lowest BCUT2D eigenvalue weighted by atomic mass is 9.88. The number of amides is 1. The highest BCUT2D eigenvalue weighted by Gasteiger charge is 2.24. The van der Waals surface area contributed by atoms with Crippen LogP contribution in [0.3, 0.4) is 0 Å². The van der Waals surface area contributed by atoms with E-state index in [4.69, 9.17) is 5.73 Å². The van der Waals surface area contributed by atoms with E-state index in [1.54, 1.807) is 38.4 Å². The molecule has 0 aliphatic rings. The van der Waals surface area contributed by atoms with Crippen LogP contribution in [0.25, 0.3) is 10.1 Å². The van der Waals surface area contributed by atoms with Crippen molar-refractivity contribution in [2.75, 3.05) is 11.9 Å². The fourth-order valence-electron chi connectivity index (χ4n) is 3.16. The van der Waals surface area contributed by atoms with Gasteiger partial charge in [0.15, 0.2) is 0 Å². The Hall–Kier alpha value is -2.77. The predicted octanol–water partition coefficient (Wildman–Crippen LogP) is 3.29. The smallest absolute Gasteiger partial charge is 0.335 e. The first kappa shape index (κ1) is 18.0. The van der Waals surface area contributed by atoms with Gasteiger partial charge in [0.1, 0.15) is 0 Å². The Labute approximate surface area is 154 Å². The molecular formula is C19H19N3O3S. The SMILES string of the molecule is Cc1cc(C(=O)O)cc(C)c1[C@@H](CN)C(=O)Nc1cc2ccncc2s1. The number of pyridine rings is 1. The van der Waals surface area contributed by atoms with Crippen LogP contribution in [-0.4, -0.2) is 28.5 Å². The summed E-state index contributed by atoms with van der Waals surface area (Å²) in [6.45, 7) is 3.73. The molecule has 0 radical (unpaired) electrons. The molecule has 3 aromatic rings. The summed E-state index contributed by atoms with van der Waals surface area (Å²) in [5, 5.41) is 13.9. The summed E-state index contributed by atoms with van der Waals surface area (Å²) >= 11 is 1.45. The molecule has 0 aliphatic heterocycles. The maximum Gasteiger partial charge on any atom is 0.335 e. The van der Waals surface area contributed by atoms with Gasteiger partial charge in [-0.05, 0) is 60.2 Å². The van der Waals surface area contributed by atoms with Gasteiger partial charge in [0, 0.05) is 18.9 Å². The highest BCUT2D eigenvalue weighted by Crippen LogP contribution is 2.31. The number of aryl methyl sites for hydroxylation is 2. The van der Waals surface area contributed by atoms with Crippen molar-refractivity contribution in [1.29, 1.82) is 0 Å². The van der Waals surface area contributed by atoms with E-state index in [2.05, 4.69) is 10.3 Å². The Morgan fingerprint density at radius 3 is 2.54 bits per heavy atom. The van der Waals surface area contributed by atoms with Gasteiger partial charge in [-0.25, -0.2) is 4.79 Å². The number of aromatic nitrogens is 1. The maximum absolute atomic E-state index is 12.8. The van der Waals surface area contributed by atoms with E-state index in [0.717, 1.165) is 31.8 Å². The number of nitrogens with one attached hydrogen (secondary N) is 1. The second kappa shape index (κ2) is 7.23. The van der Waals surface area contributed by atoms with Gasteiger partial charge < -0.3 is 16.2 Å². The van der Waals surface area contributed by atoms with Crippen molar-refractivity contribution < 1.29 is 14.7 Å². The number of nitrogens with two attached hydrogens (primary N) is 1. The number of nitrogens with zero attached hydrogens (tertiary/aromatic N) is 1. The van der Waals surface area contributed by atoms with Crippen molar-refractivity contribution in [2.45, 2.75) is 19.8 Å². The molecule has 2 aromatic heterocycles. The van der Waals surface area contributed by atoms with Crippen molar-refractivity contribution in [2.24, 2.45) is 5.73 Å². The van der Waals surface area contributed by atoms with Crippen molar-refractivity contribution in [3.05, 3.63) is 58.9 Å². The molecule has 3 rings (SSSR count). The average Bonchev–Trinajstić information content (AvgIpc) is 2.99. The average molecular weight is 369 g/mol. The molecule has 0 unspecified atom stereocenters.